The SMILES string of the molecule is CC1CN(Cc2csc(NC(=O)c3cc(F)c(F)cc3Cl)n2)CC(C)O1. The van der Waals surface area contributed by atoms with Crippen molar-refractivity contribution >= 4 is 34.0 Å². The van der Waals surface area contributed by atoms with Gasteiger partial charge in [0.05, 0.1) is 28.5 Å². The van der Waals surface area contributed by atoms with E-state index in [-0.39, 0.29) is 22.8 Å². The van der Waals surface area contributed by atoms with Crippen LogP contribution in [0.15, 0.2) is 17.5 Å². The lowest BCUT2D eigenvalue weighted by Gasteiger charge is -2.34. The highest BCUT2D eigenvalue weighted by Crippen LogP contribution is 2.23. The highest BCUT2D eigenvalue weighted by atomic mass is 35.5. The molecule has 2 unspecified atom stereocenters. The molecule has 0 bridgehead atoms. The van der Waals surface area contributed by atoms with Crippen molar-refractivity contribution in [1.82, 2.24) is 9.88 Å². The predicted molar refractivity (Wildman–Crippen MR) is 96.7 cm³/mol. The van der Waals surface area contributed by atoms with Gasteiger partial charge in [0.1, 0.15) is 0 Å². The number of anilines is 1. The van der Waals surface area contributed by atoms with Crippen LogP contribution < -0.4 is 5.32 Å². The molecule has 1 amide bonds. The summed E-state index contributed by atoms with van der Waals surface area (Å²) in [4.78, 5) is 18.9. The van der Waals surface area contributed by atoms with Gasteiger partial charge >= 0.3 is 0 Å². The first-order chi connectivity index (χ1) is 12.3. The van der Waals surface area contributed by atoms with Crippen LogP contribution in [0, 0.1) is 11.6 Å². The summed E-state index contributed by atoms with van der Waals surface area (Å²) in [7, 11) is 0. The minimum atomic E-state index is -1.13. The van der Waals surface area contributed by atoms with Crippen molar-refractivity contribution in [3.8, 4) is 0 Å². The summed E-state index contributed by atoms with van der Waals surface area (Å²) < 4.78 is 32.2. The molecular formula is C17H18ClF2N3O2S. The maximum absolute atomic E-state index is 13.3. The molecule has 1 saturated heterocycles. The molecule has 26 heavy (non-hydrogen) atoms. The molecule has 2 atom stereocenters. The Labute approximate surface area is 158 Å². The number of nitrogens with zero attached hydrogens (tertiary/aromatic N) is 2. The highest BCUT2D eigenvalue weighted by molar-refractivity contribution is 7.14. The fraction of sp³-hybridized carbons (Fsp3) is 0.412. The van der Waals surface area contributed by atoms with Crippen LogP contribution in [0.1, 0.15) is 29.9 Å². The Kier molecular flexibility index (Phi) is 5.86. The first-order valence-corrected chi connectivity index (χ1v) is 9.35. The summed E-state index contributed by atoms with van der Waals surface area (Å²) in [5, 5.41) is 4.64. The molecule has 5 nitrogen and oxygen atoms in total. The van der Waals surface area contributed by atoms with Gasteiger partial charge in [-0.1, -0.05) is 11.6 Å². The fourth-order valence-electron chi connectivity index (χ4n) is 2.94. The number of amides is 1. The molecule has 1 aliphatic rings. The average Bonchev–Trinajstić information content (AvgIpc) is 2.96. The van der Waals surface area contributed by atoms with E-state index in [2.05, 4.69) is 15.2 Å². The molecule has 0 aliphatic carbocycles. The standard InChI is InChI=1S/C17H18ClF2N3O2S/c1-9-5-23(6-10(2)25-9)7-11-8-26-17(21-11)22-16(24)12-3-14(19)15(20)4-13(12)18/h3-4,8-10H,5-7H2,1-2H3,(H,21,22,24). The molecule has 1 fully saturated rings. The summed E-state index contributed by atoms with van der Waals surface area (Å²) in [6.45, 7) is 6.33. The molecule has 1 aromatic heterocycles. The third-order valence-corrected chi connectivity index (χ3v) is 5.03. The normalized spacial score (nSPS) is 21.0. The Balaban J connectivity index is 1.65. The molecule has 2 aromatic rings. The van der Waals surface area contributed by atoms with Crippen molar-refractivity contribution in [1.29, 1.82) is 0 Å². The van der Waals surface area contributed by atoms with Gasteiger partial charge in [-0.05, 0) is 26.0 Å². The van der Waals surface area contributed by atoms with Gasteiger partial charge in [0.15, 0.2) is 16.8 Å². The van der Waals surface area contributed by atoms with Gasteiger partial charge < -0.3 is 4.74 Å². The van der Waals surface area contributed by atoms with Crippen LogP contribution in [-0.2, 0) is 11.3 Å². The molecular weight excluding hydrogens is 384 g/mol. The van der Waals surface area contributed by atoms with Crippen molar-refractivity contribution in [3.05, 3.63) is 45.4 Å². The number of hydrogen-bond donors (Lipinski definition) is 1. The van der Waals surface area contributed by atoms with E-state index in [1.54, 1.807) is 0 Å². The number of carbonyl (C=O) groups is 1. The molecule has 1 aliphatic heterocycles. The van der Waals surface area contributed by atoms with Crippen molar-refractivity contribution < 1.29 is 18.3 Å². The number of aromatic nitrogens is 1. The highest BCUT2D eigenvalue weighted by Gasteiger charge is 2.23. The summed E-state index contributed by atoms with van der Waals surface area (Å²) in [5.41, 5.74) is 0.682. The van der Waals surface area contributed by atoms with Crippen molar-refractivity contribution in [2.45, 2.75) is 32.6 Å². The van der Waals surface area contributed by atoms with E-state index >= 15 is 0 Å². The van der Waals surface area contributed by atoms with Gasteiger partial charge in [0, 0.05) is 25.0 Å². The number of morpholine rings is 1. The lowest BCUT2D eigenvalue weighted by atomic mass is 10.2. The van der Waals surface area contributed by atoms with E-state index in [0.29, 0.717) is 11.7 Å². The zero-order valence-electron chi connectivity index (χ0n) is 14.3. The molecule has 0 radical (unpaired) electrons. The van der Waals surface area contributed by atoms with Crippen LogP contribution in [0.5, 0.6) is 0 Å². The number of benzene rings is 1. The van der Waals surface area contributed by atoms with E-state index in [1.807, 2.05) is 19.2 Å². The van der Waals surface area contributed by atoms with E-state index in [1.165, 1.54) is 11.3 Å². The molecule has 2 heterocycles. The second-order valence-corrected chi connectivity index (χ2v) is 7.56. The van der Waals surface area contributed by atoms with Crippen LogP contribution in [0.25, 0.3) is 0 Å². The van der Waals surface area contributed by atoms with E-state index < -0.39 is 17.5 Å². The van der Waals surface area contributed by atoms with Gasteiger partial charge in [-0.3, -0.25) is 15.0 Å². The van der Waals surface area contributed by atoms with Crippen LogP contribution in [0.3, 0.4) is 0 Å². The maximum atomic E-state index is 13.3. The Morgan fingerprint density at radius 3 is 2.69 bits per heavy atom. The monoisotopic (exact) mass is 401 g/mol. The first kappa shape index (κ1) is 19.2. The summed E-state index contributed by atoms with van der Waals surface area (Å²) >= 11 is 7.08. The van der Waals surface area contributed by atoms with Crippen molar-refractivity contribution in [3.63, 3.8) is 0 Å². The molecule has 0 saturated carbocycles. The fourth-order valence-corrected chi connectivity index (χ4v) is 3.87. The molecule has 0 spiro atoms. The Hall–Kier alpha value is -1.61. The van der Waals surface area contributed by atoms with Crippen LogP contribution >= 0.6 is 22.9 Å². The predicted octanol–water partition coefficient (Wildman–Crippen LogP) is 3.94. The van der Waals surface area contributed by atoms with E-state index in [4.69, 9.17) is 16.3 Å². The second-order valence-electron chi connectivity index (χ2n) is 6.30. The first-order valence-electron chi connectivity index (χ1n) is 8.10. The zero-order chi connectivity index (χ0) is 18.8. The van der Waals surface area contributed by atoms with Crippen LogP contribution in [0.2, 0.25) is 5.02 Å². The lowest BCUT2D eigenvalue weighted by molar-refractivity contribution is -0.0707. The largest absolute Gasteiger partial charge is 0.373 e. The van der Waals surface area contributed by atoms with Gasteiger partial charge in [0.25, 0.3) is 5.91 Å². The smallest absolute Gasteiger partial charge is 0.259 e. The van der Waals surface area contributed by atoms with Crippen LogP contribution in [-0.4, -0.2) is 41.1 Å². The Morgan fingerprint density at radius 1 is 1.35 bits per heavy atom. The molecule has 1 aromatic carbocycles. The number of ether oxygens (including phenoxy) is 1. The average molecular weight is 402 g/mol. The third-order valence-electron chi connectivity index (χ3n) is 3.91. The third kappa shape index (κ3) is 4.56. The molecule has 1 N–H and O–H groups in total. The second kappa shape index (κ2) is 7.96. The number of rotatable bonds is 4. The van der Waals surface area contributed by atoms with Gasteiger partial charge in [-0.25, -0.2) is 13.8 Å². The Morgan fingerprint density at radius 2 is 2.00 bits per heavy atom. The Bertz CT molecular complexity index is 807. The number of halogens is 3. The summed E-state index contributed by atoms with van der Waals surface area (Å²) in [5.74, 6) is -2.87. The number of hydrogen-bond acceptors (Lipinski definition) is 5. The topological polar surface area (TPSA) is 54.5 Å². The quantitative estimate of drug-likeness (QED) is 0.788. The van der Waals surface area contributed by atoms with Crippen molar-refractivity contribution in [2.24, 2.45) is 0 Å². The number of thiazole rings is 1. The maximum Gasteiger partial charge on any atom is 0.259 e. The zero-order valence-corrected chi connectivity index (χ0v) is 15.8. The van der Waals surface area contributed by atoms with E-state index in [0.717, 1.165) is 30.9 Å². The van der Waals surface area contributed by atoms with Crippen LogP contribution in [0.4, 0.5) is 13.9 Å². The van der Waals surface area contributed by atoms with E-state index in [9.17, 15) is 13.6 Å². The molecule has 9 heteroatoms. The number of carbonyl (C=O) groups excluding carboxylic acids is 1. The molecule has 140 valence electrons. The molecule has 3 rings (SSSR count). The van der Waals surface area contributed by atoms with Gasteiger partial charge in [0.2, 0.25) is 0 Å². The summed E-state index contributed by atoms with van der Waals surface area (Å²) in [6.07, 6.45) is 0.319. The van der Waals surface area contributed by atoms with Crippen molar-refractivity contribution in [2.75, 3.05) is 18.4 Å². The lowest BCUT2D eigenvalue weighted by Crippen LogP contribution is -2.44. The minimum absolute atomic E-state index is 0.141. The number of nitrogens with one attached hydrogen (secondary N) is 1. The van der Waals surface area contributed by atoms with Gasteiger partial charge in [-0.2, -0.15) is 0 Å². The minimum Gasteiger partial charge on any atom is -0.373 e. The summed E-state index contributed by atoms with van der Waals surface area (Å²) in [6, 6.07) is 1.55. The van der Waals surface area contributed by atoms with Gasteiger partial charge in [-0.15, -0.1) is 11.3 Å².